The van der Waals surface area contributed by atoms with Gasteiger partial charge >= 0.3 is 0 Å². The summed E-state index contributed by atoms with van der Waals surface area (Å²) in [6.07, 6.45) is 0. The summed E-state index contributed by atoms with van der Waals surface area (Å²) in [4.78, 5) is 0. The third-order valence-corrected chi connectivity index (χ3v) is 10.2. The van der Waals surface area contributed by atoms with Gasteiger partial charge in [-0.3, -0.25) is 0 Å². The molecule has 0 saturated carbocycles. The quantitative estimate of drug-likeness (QED) is 0.127. The summed E-state index contributed by atoms with van der Waals surface area (Å²) in [5, 5.41) is 7.26. The molecule has 1 heterocycles. The van der Waals surface area contributed by atoms with Gasteiger partial charge in [-0.05, 0) is 73.6 Å². The van der Waals surface area contributed by atoms with E-state index < -0.39 is 14.1 Å². The molecule has 1 saturated heterocycles. The summed E-state index contributed by atoms with van der Waals surface area (Å²) in [5.41, 5.74) is 5.10. The summed E-state index contributed by atoms with van der Waals surface area (Å²) >= 11 is 5.66. The Kier molecular flexibility index (Phi) is 9.23. The Balaban J connectivity index is 1.41. The molecule has 2 N–H and O–H groups in total. The number of nitrogens with zero attached hydrogens (tertiary/aromatic N) is 2. The number of rotatable bonds is 9. The van der Waals surface area contributed by atoms with Crippen LogP contribution in [0.25, 0.3) is 0 Å². The van der Waals surface area contributed by atoms with Crippen LogP contribution in [0.3, 0.4) is 0 Å². The van der Waals surface area contributed by atoms with Gasteiger partial charge in [-0.25, -0.2) is 0 Å². The maximum absolute atomic E-state index is 7.30. The predicted octanol–water partition coefficient (Wildman–Crippen LogP) is 9.50. The van der Waals surface area contributed by atoms with Crippen molar-refractivity contribution in [1.82, 2.24) is 5.32 Å². The number of para-hydroxylation sites is 3. The average molecular weight is 617 g/mol. The van der Waals surface area contributed by atoms with Gasteiger partial charge in [0.25, 0.3) is 0 Å². The van der Waals surface area contributed by atoms with Crippen molar-refractivity contribution in [2.24, 2.45) is 0 Å². The first kappa shape index (κ1) is 29.8. The summed E-state index contributed by atoms with van der Waals surface area (Å²) in [7, 11) is -1.35. The van der Waals surface area contributed by atoms with Crippen molar-refractivity contribution in [3.63, 3.8) is 0 Å². The zero-order valence-corrected chi connectivity index (χ0v) is 26.7. The lowest BCUT2D eigenvalue weighted by molar-refractivity contribution is 0.131. The van der Waals surface area contributed by atoms with E-state index in [0.717, 1.165) is 17.1 Å². The van der Waals surface area contributed by atoms with Crippen molar-refractivity contribution in [1.29, 1.82) is 0 Å². The number of nitrogens with one attached hydrogen (secondary N) is 2. The monoisotopic (exact) mass is 616 g/mol. The first-order chi connectivity index (χ1) is 21.5. The molecular weight excluding hydrogens is 579 g/mol. The number of thiocarbonyl (C=S) groups is 1. The minimum absolute atomic E-state index is 0.00287. The SMILES string of the molecule is CC(C)(CNC(=S)Nc1ccccc1)OP1N(c2ccccc2)[C@H](c2ccccc2)[C@@H](c2ccccc2)N1c1ccccc1. The largest absolute Gasteiger partial charge is 0.360 e. The van der Waals surface area contributed by atoms with Crippen molar-refractivity contribution in [3.8, 4) is 0 Å². The topological polar surface area (TPSA) is 39.8 Å². The van der Waals surface area contributed by atoms with Crippen LogP contribution in [0.4, 0.5) is 17.1 Å². The molecule has 0 aromatic heterocycles. The predicted molar refractivity (Wildman–Crippen MR) is 189 cm³/mol. The van der Waals surface area contributed by atoms with E-state index in [4.69, 9.17) is 16.7 Å². The fourth-order valence-electron chi connectivity index (χ4n) is 5.54. The van der Waals surface area contributed by atoms with E-state index >= 15 is 0 Å². The van der Waals surface area contributed by atoms with E-state index in [1.54, 1.807) is 0 Å². The van der Waals surface area contributed by atoms with E-state index in [2.05, 4.69) is 155 Å². The van der Waals surface area contributed by atoms with Crippen LogP contribution in [0.15, 0.2) is 152 Å². The molecule has 5 aromatic rings. The molecule has 0 bridgehead atoms. The van der Waals surface area contributed by atoms with Gasteiger partial charge in [-0.15, -0.1) is 0 Å². The molecule has 7 heteroatoms. The Bertz CT molecular complexity index is 1540. The zero-order valence-electron chi connectivity index (χ0n) is 25.0. The lowest BCUT2D eigenvalue weighted by Gasteiger charge is -2.38. The van der Waals surface area contributed by atoms with E-state index in [0.29, 0.717) is 11.7 Å². The minimum atomic E-state index is -1.35. The Hall–Kier alpha value is -4.22. The van der Waals surface area contributed by atoms with Crippen LogP contribution in [-0.4, -0.2) is 17.3 Å². The molecule has 44 heavy (non-hydrogen) atoms. The van der Waals surface area contributed by atoms with Crippen LogP contribution in [0.1, 0.15) is 37.1 Å². The normalized spacial score (nSPS) is 17.0. The molecule has 0 spiro atoms. The Morgan fingerprint density at radius 3 is 1.45 bits per heavy atom. The van der Waals surface area contributed by atoms with Crippen molar-refractivity contribution in [3.05, 3.63) is 163 Å². The van der Waals surface area contributed by atoms with Gasteiger partial charge in [-0.1, -0.05) is 115 Å². The summed E-state index contributed by atoms with van der Waals surface area (Å²) in [6, 6.07) is 52.9. The van der Waals surface area contributed by atoms with Crippen molar-refractivity contribution in [2.75, 3.05) is 21.2 Å². The zero-order chi connectivity index (χ0) is 30.4. The van der Waals surface area contributed by atoms with Crippen molar-refractivity contribution < 1.29 is 4.52 Å². The van der Waals surface area contributed by atoms with Gasteiger partial charge in [0, 0.05) is 23.6 Å². The van der Waals surface area contributed by atoms with Crippen LogP contribution in [0.5, 0.6) is 0 Å². The first-order valence-corrected chi connectivity index (χ1v) is 16.4. The van der Waals surface area contributed by atoms with Crippen LogP contribution < -0.4 is 20.0 Å². The van der Waals surface area contributed by atoms with E-state index in [1.807, 2.05) is 30.3 Å². The van der Waals surface area contributed by atoms with Gasteiger partial charge in [0.05, 0.1) is 17.7 Å². The molecular formula is C37H37N4OPS. The van der Waals surface area contributed by atoms with Gasteiger partial charge in [0.2, 0.25) is 8.45 Å². The van der Waals surface area contributed by atoms with E-state index in [1.165, 1.54) is 11.1 Å². The molecule has 0 amide bonds. The highest BCUT2D eigenvalue weighted by Crippen LogP contribution is 2.68. The summed E-state index contributed by atoms with van der Waals surface area (Å²) in [6.45, 7) is 4.79. The van der Waals surface area contributed by atoms with Crippen LogP contribution in [0, 0.1) is 0 Å². The minimum Gasteiger partial charge on any atom is -0.360 e. The maximum atomic E-state index is 7.30. The standard InChI is InChI=1S/C37H37N4OPS/c1-37(2,28-38-36(44)39-31-22-12-5-13-23-31)42-43-40(32-24-14-6-15-25-32)34(29-18-8-3-9-19-29)35(30-20-10-4-11-21-30)41(43)33-26-16-7-17-27-33/h3-27,34-35H,28H2,1-2H3,(H2,38,39,44)/t34-,35-/m1/s1. The Labute approximate surface area is 267 Å². The highest BCUT2D eigenvalue weighted by Gasteiger charge is 2.52. The molecule has 5 aromatic carbocycles. The molecule has 1 aliphatic rings. The van der Waals surface area contributed by atoms with Crippen molar-refractivity contribution in [2.45, 2.75) is 31.5 Å². The highest BCUT2D eigenvalue weighted by molar-refractivity contribution is 7.80. The van der Waals surface area contributed by atoms with Gasteiger partial charge in [0.1, 0.15) is 0 Å². The second-order valence-electron chi connectivity index (χ2n) is 11.3. The second-order valence-corrected chi connectivity index (χ2v) is 13.3. The van der Waals surface area contributed by atoms with Gasteiger partial charge in [-0.2, -0.15) is 0 Å². The lowest BCUT2D eigenvalue weighted by atomic mass is 9.92. The van der Waals surface area contributed by atoms with Crippen molar-refractivity contribution >= 4 is 42.8 Å². The highest BCUT2D eigenvalue weighted by atomic mass is 32.1. The molecule has 5 nitrogen and oxygen atoms in total. The Morgan fingerprint density at radius 2 is 1.02 bits per heavy atom. The third kappa shape index (κ3) is 6.79. The van der Waals surface area contributed by atoms with Crippen LogP contribution >= 0.6 is 20.7 Å². The van der Waals surface area contributed by atoms with Gasteiger partial charge < -0.3 is 24.5 Å². The maximum Gasteiger partial charge on any atom is 0.250 e. The third-order valence-electron chi connectivity index (χ3n) is 7.55. The molecule has 0 unspecified atom stereocenters. The van der Waals surface area contributed by atoms with E-state index in [9.17, 15) is 0 Å². The summed E-state index contributed by atoms with van der Waals surface area (Å²) < 4.78 is 12.3. The number of anilines is 3. The molecule has 222 valence electrons. The number of hydrogen-bond donors (Lipinski definition) is 2. The van der Waals surface area contributed by atoms with E-state index in [-0.39, 0.29) is 12.1 Å². The molecule has 1 fully saturated rings. The fourth-order valence-corrected chi connectivity index (χ4v) is 8.23. The number of benzene rings is 5. The molecule has 0 aliphatic carbocycles. The van der Waals surface area contributed by atoms with Crippen LogP contribution in [0.2, 0.25) is 0 Å². The Morgan fingerprint density at radius 1 is 0.636 bits per heavy atom. The molecule has 2 atom stereocenters. The first-order valence-electron chi connectivity index (χ1n) is 14.9. The molecule has 0 radical (unpaired) electrons. The van der Waals surface area contributed by atoms with Crippen LogP contribution in [-0.2, 0) is 4.52 Å². The smallest absolute Gasteiger partial charge is 0.250 e. The van der Waals surface area contributed by atoms with Gasteiger partial charge in [0.15, 0.2) is 5.11 Å². The second kappa shape index (κ2) is 13.6. The fraction of sp³-hybridized carbons (Fsp3) is 0.162. The molecule has 6 rings (SSSR count). The average Bonchev–Trinajstić information content (AvgIpc) is 3.40. The molecule has 1 aliphatic heterocycles. The lowest BCUT2D eigenvalue weighted by Crippen LogP contribution is -2.42. The number of hydrogen-bond acceptors (Lipinski definition) is 4. The summed E-state index contributed by atoms with van der Waals surface area (Å²) in [5.74, 6) is 0.